The van der Waals surface area contributed by atoms with Gasteiger partial charge in [-0.25, -0.2) is 19.0 Å². The molecule has 4 rings (SSSR count). The zero-order valence-corrected chi connectivity index (χ0v) is 17.4. The maximum atomic E-state index is 11.8. The van der Waals surface area contributed by atoms with E-state index in [2.05, 4.69) is 33.2 Å². The van der Waals surface area contributed by atoms with Crippen LogP contribution < -0.4 is 5.32 Å². The van der Waals surface area contributed by atoms with Gasteiger partial charge in [0.15, 0.2) is 0 Å². The van der Waals surface area contributed by atoms with Crippen LogP contribution in [-0.2, 0) is 9.73 Å². The molecule has 1 atom stereocenters. The van der Waals surface area contributed by atoms with Gasteiger partial charge in [-0.15, -0.1) is 0 Å². The lowest BCUT2D eigenvalue weighted by Crippen LogP contribution is -1.97. The summed E-state index contributed by atoms with van der Waals surface area (Å²) in [5.74, 6) is 6.81. The van der Waals surface area contributed by atoms with Crippen molar-refractivity contribution in [1.29, 1.82) is 10.0 Å². The Bertz CT molecular complexity index is 1470. The summed E-state index contributed by atoms with van der Waals surface area (Å²) >= 11 is 0. The van der Waals surface area contributed by atoms with E-state index in [-0.39, 0.29) is 0 Å². The molecule has 150 valence electrons. The molecular weight excluding hydrogens is 406 g/mol. The van der Waals surface area contributed by atoms with Gasteiger partial charge < -0.3 is 5.32 Å². The standard InChI is InChI=1S/C24H17N5OS/c1-31(26,30)21-9-7-20(8-10-21)29-24-14-22-19(16-28-24)12-13-27-23(22)11-6-17-2-4-18(15-25)5-3-17/h2-5,7-10,12-14,16,26H,1H3,(H,28,29). The minimum atomic E-state index is -2.74. The topological polar surface area (TPSA) is 103 Å². The van der Waals surface area contributed by atoms with Crippen molar-refractivity contribution in [3.63, 3.8) is 0 Å². The minimum Gasteiger partial charge on any atom is -0.340 e. The third-order valence-electron chi connectivity index (χ3n) is 4.56. The van der Waals surface area contributed by atoms with Crippen LogP contribution in [0.2, 0.25) is 0 Å². The molecule has 2 N–H and O–H groups in total. The average molecular weight is 424 g/mol. The molecular formula is C24H17N5OS. The van der Waals surface area contributed by atoms with Gasteiger partial charge in [-0.3, -0.25) is 0 Å². The molecule has 2 heterocycles. The molecule has 0 saturated carbocycles. The summed E-state index contributed by atoms with van der Waals surface area (Å²) in [6.07, 6.45) is 4.85. The first-order valence-electron chi connectivity index (χ1n) is 9.30. The van der Waals surface area contributed by atoms with Crippen LogP contribution in [0.5, 0.6) is 0 Å². The van der Waals surface area contributed by atoms with Crippen LogP contribution in [0.25, 0.3) is 10.8 Å². The first kappa shape index (κ1) is 20.1. The Morgan fingerprint density at radius 2 is 1.68 bits per heavy atom. The average Bonchev–Trinajstić information content (AvgIpc) is 2.78. The molecule has 2 aromatic heterocycles. The van der Waals surface area contributed by atoms with Crippen molar-refractivity contribution in [2.75, 3.05) is 11.6 Å². The third kappa shape index (κ3) is 4.69. The molecule has 0 spiro atoms. The number of anilines is 2. The van der Waals surface area contributed by atoms with Crippen molar-refractivity contribution in [3.05, 3.63) is 89.9 Å². The number of rotatable bonds is 3. The largest absolute Gasteiger partial charge is 0.340 e. The molecule has 0 saturated heterocycles. The van der Waals surface area contributed by atoms with Crippen LogP contribution in [0.4, 0.5) is 11.5 Å². The predicted molar refractivity (Wildman–Crippen MR) is 121 cm³/mol. The van der Waals surface area contributed by atoms with E-state index in [1.54, 1.807) is 60.9 Å². The minimum absolute atomic E-state index is 0.481. The molecule has 0 aliphatic carbocycles. The van der Waals surface area contributed by atoms with Gasteiger partial charge in [-0.2, -0.15) is 5.26 Å². The number of hydrogen-bond acceptors (Lipinski definition) is 6. The molecule has 2 aromatic carbocycles. The lowest BCUT2D eigenvalue weighted by Gasteiger charge is -2.08. The van der Waals surface area contributed by atoms with Crippen molar-refractivity contribution >= 4 is 32.0 Å². The number of hydrogen-bond donors (Lipinski definition) is 2. The second-order valence-electron chi connectivity index (χ2n) is 6.88. The van der Waals surface area contributed by atoms with Gasteiger partial charge in [0.1, 0.15) is 11.5 Å². The second kappa shape index (κ2) is 8.27. The van der Waals surface area contributed by atoms with Crippen molar-refractivity contribution in [2.45, 2.75) is 4.90 Å². The lowest BCUT2D eigenvalue weighted by atomic mass is 10.1. The number of aromatic nitrogens is 2. The van der Waals surface area contributed by atoms with Crippen LogP contribution in [0.1, 0.15) is 16.8 Å². The van der Waals surface area contributed by atoms with E-state index in [1.807, 2.05) is 12.1 Å². The highest BCUT2D eigenvalue weighted by Gasteiger charge is 2.06. The molecule has 0 aliphatic heterocycles. The van der Waals surface area contributed by atoms with Gasteiger partial charge in [0.05, 0.1) is 21.4 Å². The Balaban J connectivity index is 1.64. The van der Waals surface area contributed by atoms with Gasteiger partial charge in [0.2, 0.25) is 0 Å². The highest BCUT2D eigenvalue weighted by Crippen LogP contribution is 2.22. The third-order valence-corrected chi connectivity index (χ3v) is 5.74. The fraction of sp³-hybridized carbons (Fsp3) is 0.0417. The van der Waals surface area contributed by atoms with Gasteiger partial charge in [0, 0.05) is 45.6 Å². The van der Waals surface area contributed by atoms with Gasteiger partial charge in [0.25, 0.3) is 0 Å². The SMILES string of the molecule is CS(=N)(=O)c1ccc(Nc2cc3c(C#Cc4ccc(C#N)cc4)nccc3cn2)cc1. The number of fused-ring (bicyclic) bond motifs is 1. The molecule has 31 heavy (non-hydrogen) atoms. The molecule has 0 amide bonds. The number of nitriles is 1. The van der Waals surface area contributed by atoms with E-state index >= 15 is 0 Å². The summed E-state index contributed by atoms with van der Waals surface area (Å²) in [6.45, 7) is 0. The van der Waals surface area contributed by atoms with E-state index in [0.717, 1.165) is 22.0 Å². The van der Waals surface area contributed by atoms with Crippen molar-refractivity contribution in [2.24, 2.45) is 0 Å². The Kier molecular flexibility index (Phi) is 5.36. The van der Waals surface area contributed by atoms with E-state index in [9.17, 15) is 4.21 Å². The summed E-state index contributed by atoms with van der Waals surface area (Å²) < 4.78 is 19.5. The predicted octanol–water partition coefficient (Wildman–Crippen LogP) is 4.68. The van der Waals surface area contributed by atoms with Crippen LogP contribution in [0, 0.1) is 28.0 Å². The molecule has 0 radical (unpaired) electrons. The fourth-order valence-electron chi connectivity index (χ4n) is 2.94. The van der Waals surface area contributed by atoms with Crippen LogP contribution in [0.3, 0.4) is 0 Å². The van der Waals surface area contributed by atoms with Gasteiger partial charge in [-0.05, 0) is 66.6 Å². The van der Waals surface area contributed by atoms with Gasteiger partial charge >= 0.3 is 0 Å². The Hall–Kier alpha value is -4.20. The number of nitrogens with zero attached hydrogens (tertiary/aromatic N) is 3. The maximum Gasteiger partial charge on any atom is 0.131 e. The molecule has 0 bridgehead atoms. The van der Waals surface area contributed by atoms with Crippen molar-refractivity contribution in [1.82, 2.24) is 9.97 Å². The Morgan fingerprint density at radius 1 is 0.968 bits per heavy atom. The number of benzene rings is 2. The van der Waals surface area contributed by atoms with Crippen LogP contribution in [-0.4, -0.2) is 20.4 Å². The molecule has 4 aromatic rings. The fourth-order valence-corrected chi connectivity index (χ4v) is 3.59. The smallest absolute Gasteiger partial charge is 0.131 e. The Morgan fingerprint density at radius 3 is 2.35 bits per heavy atom. The van der Waals surface area contributed by atoms with Crippen LogP contribution >= 0.6 is 0 Å². The quantitative estimate of drug-likeness (QED) is 0.466. The van der Waals surface area contributed by atoms with E-state index in [0.29, 0.717) is 22.0 Å². The highest BCUT2D eigenvalue weighted by atomic mass is 32.2. The molecule has 7 heteroatoms. The summed E-state index contributed by atoms with van der Waals surface area (Å²) in [4.78, 5) is 9.33. The first-order valence-corrected chi connectivity index (χ1v) is 11.3. The maximum absolute atomic E-state index is 11.8. The molecule has 0 aliphatic rings. The monoisotopic (exact) mass is 423 g/mol. The molecule has 0 fully saturated rings. The normalized spacial score (nSPS) is 12.3. The zero-order chi connectivity index (χ0) is 21.8. The summed E-state index contributed by atoms with van der Waals surface area (Å²) in [5.41, 5.74) is 2.79. The number of pyridine rings is 2. The summed E-state index contributed by atoms with van der Waals surface area (Å²) in [7, 11) is -2.74. The molecule has 6 nitrogen and oxygen atoms in total. The number of nitrogens with one attached hydrogen (secondary N) is 2. The zero-order valence-electron chi connectivity index (χ0n) is 16.6. The first-order chi connectivity index (χ1) is 14.9. The van der Waals surface area contributed by atoms with E-state index in [4.69, 9.17) is 10.0 Å². The summed E-state index contributed by atoms with van der Waals surface area (Å²) in [6, 6.07) is 19.8. The van der Waals surface area contributed by atoms with Crippen LogP contribution in [0.15, 0.2) is 78.0 Å². The van der Waals surface area contributed by atoms with Gasteiger partial charge in [-0.1, -0.05) is 5.92 Å². The van der Waals surface area contributed by atoms with Crippen molar-refractivity contribution in [3.8, 4) is 17.9 Å². The second-order valence-corrected chi connectivity index (χ2v) is 9.04. The van der Waals surface area contributed by atoms with Crippen molar-refractivity contribution < 1.29 is 4.21 Å². The van der Waals surface area contributed by atoms with E-state index < -0.39 is 9.73 Å². The summed E-state index contributed by atoms with van der Waals surface area (Å²) in [5, 5.41) is 13.9. The highest BCUT2D eigenvalue weighted by molar-refractivity contribution is 7.91. The van der Waals surface area contributed by atoms with E-state index in [1.165, 1.54) is 6.26 Å². The lowest BCUT2D eigenvalue weighted by molar-refractivity contribution is 0.679. The Labute approximate surface area is 180 Å². The molecule has 1 unspecified atom stereocenters.